The van der Waals surface area contributed by atoms with E-state index in [1.807, 2.05) is 6.07 Å². The maximum atomic E-state index is 12.7. The number of benzene rings is 2. The molecule has 0 aliphatic carbocycles. The summed E-state index contributed by atoms with van der Waals surface area (Å²) in [6.07, 6.45) is 1.63. The third kappa shape index (κ3) is 3.64. The minimum absolute atomic E-state index is 0.0336. The Morgan fingerprint density at radius 1 is 1.06 bits per heavy atom. The molecule has 0 atom stereocenters. The zero-order valence-corrected chi connectivity index (χ0v) is 17.0. The van der Waals surface area contributed by atoms with Gasteiger partial charge in [-0.1, -0.05) is 11.2 Å². The van der Waals surface area contributed by atoms with Gasteiger partial charge in [-0.25, -0.2) is 0 Å². The molecule has 3 heterocycles. The lowest BCUT2D eigenvalue weighted by molar-refractivity contribution is -0.121. The Balaban J connectivity index is 1.35. The molecule has 2 aromatic carbocycles. The van der Waals surface area contributed by atoms with Crippen molar-refractivity contribution in [2.75, 3.05) is 36.6 Å². The van der Waals surface area contributed by atoms with Crippen molar-refractivity contribution < 1.29 is 28.3 Å². The number of amides is 2. The number of hydrogen-bond acceptors (Lipinski definition) is 7. The van der Waals surface area contributed by atoms with Crippen LogP contribution in [0.1, 0.15) is 10.5 Å². The van der Waals surface area contributed by atoms with Crippen molar-refractivity contribution in [1.29, 1.82) is 0 Å². The quantitative estimate of drug-likeness (QED) is 0.616. The Kier molecular flexibility index (Phi) is 4.98. The van der Waals surface area contributed by atoms with Gasteiger partial charge in [0.2, 0.25) is 0 Å². The standard InChI is InChI=1S/C23H19N3O6/c1-2-7-26-17-11-15(4-6-18(17)31-13-22(26)27)24-23(28)16-12-20(32-25-16)14-3-5-19-21(10-14)30-9-8-29-19/h2-6,10-12H,1,7-9,13H2,(H,24,28). The lowest BCUT2D eigenvalue weighted by Gasteiger charge is -2.28. The molecule has 0 spiro atoms. The Labute approximate surface area is 183 Å². The largest absolute Gasteiger partial charge is 0.486 e. The summed E-state index contributed by atoms with van der Waals surface area (Å²) in [4.78, 5) is 26.4. The molecule has 3 aromatic rings. The lowest BCUT2D eigenvalue weighted by Crippen LogP contribution is -2.38. The van der Waals surface area contributed by atoms with E-state index in [0.717, 1.165) is 0 Å². The molecule has 0 fully saturated rings. The summed E-state index contributed by atoms with van der Waals surface area (Å²) in [7, 11) is 0. The fourth-order valence-corrected chi connectivity index (χ4v) is 3.52. The normalized spacial score (nSPS) is 14.4. The average Bonchev–Trinajstić information content (AvgIpc) is 3.31. The highest BCUT2D eigenvalue weighted by Gasteiger charge is 2.25. The molecule has 1 N–H and O–H groups in total. The third-order valence-corrected chi connectivity index (χ3v) is 5.04. The molecule has 0 radical (unpaired) electrons. The van der Waals surface area contributed by atoms with Crippen LogP contribution >= 0.6 is 0 Å². The van der Waals surface area contributed by atoms with Gasteiger partial charge >= 0.3 is 0 Å². The second-order valence-electron chi connectivity index (χ2n) is 7.15. The summed E-state index contributed by atoms with van der Waals surface area (Å²) in [5.41, 5.74) is 1.88. The first kappa shape index (κ1) is 19.7. The zero-order valence-electron chi connectivity index (χ0n) is 17.0. The minimum Gasteiger partial charge on any atom is -0.486 e. The molecule has 0 bridgehead atoms. The van der Waals surface area contributed by atoms with Crippen LogP contribution in [-0.4, -0.2) is 43.3 Å². The molecule has 9 nitrogen and oxygen atoms in total. The van der Waals surface area contributed by atoms with Gasteiger partial charge in [0.05, 0.1) is 5.69 Å². The highest BCUT2D eigenvalue weighted by atomic mass is 16.6. The second kappa shape index (κ2) is 8.10. The third-order valence-electron chi connectivity index (χ3n) is 5.04. The van der Waals surface area contributed by atoms with E-state index in [9.17, 15) is 9.59 Å². The smallest absolute Gasteiger partial charge is 0.277 e. The van der Waals surface area contributed by atoms with Gasteiger partial charge < -0.3 is 29.0 Å². The maximum Gasteiger partial charge on any atom is 0.277 e. The topological polar surface area (TPSA) is 103 Å². The van der Waals surface area contributed by atoms with Crippen molar-refractivity contribution in [3.8, 4) is 28.6 Å². The van der Waals surface area contributed by atoms with E-state index >= 15 is 0 Å². The van der Waals surface area contributed by atoms with Gasteiger partial charge in [-0.15, -0.1) is 6.58 Å². The summed E-state index contributed by atoms with van der Waals surface area (Å²) in [6, 6.07) is 12.0. The molecular formula is C23H19N3O6. The van der Waals surface area contributed by atoms with Crippen LogP contribution in [0.2, 0.25) is 0 Å². The van der Waals surface area contributed by atoms with E-state index in [1.54, 1.807) is 47.4 Å². The van der Waals surface area contributed by atoms with E-state index < -0.39 is 5.91 Å². The van der Waals surface area contributed by atoms with E-state index in [-0.39, 0.29) is 18.2 Å². The first-order chi connectivity index (χ1) is 15.6. The molecule has 9 heteroatoms. The summed E-state index contributed by atoms with van der Waals surface area (Å²) in [6.45, 7) is 4.98. The average molecular weight is 433 g/mol. The van der Waals surface area contributed by atoms with Crippen LogP contribution in [0.4, 0.5) is 11.4 Å². The monoisotopic (exact) mass is 433 g/mol. The number of nitrogens with one attached hydrogen (secondary N) is 1. The summed E-state index contributed by atoms with van der Waals surface area (Å²) >= 11 is 0. The minimum atomic E-state index is -0.448. The summed E-state index contributed by atoms with van der Waals surface area (Å²) < 4.78 is 21.9. The van der Waals surface area contributed by atoms with Gasteiger partial charge in [-0.05, 0) is 36.4 Å². The van der Waals surface area contributed by atoms with Gasteiger partial charge in [-0.2, -0.15) is 0 Å². The number of nitrogens with zero attached hydrogens (tertiary/aromatic N) is 2. The number of aromatic nitrogens is 1. The highest BCUT2D eigenvalue weighted by molar-refractivity contribution is 6.04. The van der Waals surface area contributed by atoms with Crippen LogP contribution in [0.15, 0.2) is 59.6 Å². The zero-order chi connectivity index (χ0) is 22.1. The summed E-state index contributed by atoms with van der Waals surface area (Å²) in [5, 5.41) is 6.66. The van der Waals surface area contributed by atoms with Crippen LogP contribution in [0.5, 0.6) is 17.2 Å². The second-order valence-corrected chi connectivity index (χ2v) is 7.15. The molecule has 32 heavy (non-hydrogen) atoms. The molecular weight excluding hydrogens is 414 g/mol. The van der Waals surface area contributed by atoms with E-state index in [2.05, 4.69) is 17.1 Å². The first-order valence-electron chi connectivity index (χ1n) is 9.98. The number of ether oxygens (including phenoxy) is 3. The molecule has 2 aliphatic heterocycles. The number of fused-ring (bicyclic) bond motifs is 2. The van der Waals surface area contributed by atoms with Crippen LogP contribution in [0.3, 0.4) is 0 Å². The number of hydrogen-bond donors (Lipinski definition) is 1. The SMILES string of the molecule is C=CCN1C(=O)COc2ccc(NC(=O)c3cc(-c4ccc5c(c4)OCCO5)on3)cc21. The van der Waals surface area contributed by atoms with E-state index in [4.69, 9.17) is 18.7 Å². The van der Waals surface area contributed by atoms with E-state index in [1.165, 1.54) is 0 Å². The lowest BCUT2D eigenvalue weighted by atomic mass is 10.1. The fraction of sp³-hybridized carbons (Fsp3) is 0.174. The molecule has 0 unspecified atom stereocenters. The molecule has 2 amide bonds. The van der Waals surface area contributed by atoms with Crippen LogP contribution in [0, 0.1) is 0 Å². The predicted molar refractivity (Wildman–Crippen MR) is 115 cm³/mol. The van der Waals surface area contributed by atoms with Crippen molar-refractivity contribution in [3.05, 3.63) is 60.8 Å². The Morgan fingerprint density at radius 3 is 2.72 bits per heavy atom. The number of carbonyl (C=O) groups is 2. The molecule has 5 rings (SSSR count). The maximum absolute atomic E-state index is 12.7. The number of anilines is 2. The van der Waals surface area contributed by atoms with Crippen molar-refractivity contribution in [1.82, 2.24) is 5.16 Å². The van der Waals surface area contributed by atoms with Gasteiger partial charge in [0.15, 0.2) is 29.6 Å². The Bertz CT molecular complexity index is 1220. The van der Waals surface area contributed by atoms with Crippen molar-refractivity contribution in [3.63, 3.8) is 0 Å². The van der Waals surface area contributed by atoms with Crippen molar-refractivity contribution in [2.45, 2.75) is 0 Å². The van der Waals surface area contributed by atoms with E-state index in [0.29, 0.717) is 59.7 Å². The predicted octanol–water partition coefficient (Wildman–Crippen LogP) is 3.28. The van der Waals surface area contributed by atoms with Crippen molar-refractivity contribution >= 4 is 23.2 Å². The summed E-state index contributed by atoms with van der Waals surface area (Å²) in [5.74, 6) is 1.64. The van der Waals surface area contributed by atoms with Crippen LogP contribution in [-0.2, 0) is 4.79 Å². The molecule has 0 saturated carbocycles. The van der Waals surface area contributed by atoms with Crippen molar-refractivity contribution in [2.24, 2.45) is 0 Å². The van der Waals surface area contributed by atoms with Crippen LogP contribution < -0.4 is 24.4 Å². The molecule has 0 saturated heterocycles. The Hall–Kier alpha value is -4.27. The first-order valence-corrected chi connectivity index (χ1v) is 9.98. The Morgan fingerprint density at radius 2 is 1.88 bits per heavy atom. The number of carbonyl (C=O) groups excluding carboxylic acids is 2. The molecule has 2 aliphatic rings. The number of rotatable bonds is 5. The van der Waals surface area contributed by atoms with Gasteiger partial charge in [0.25, 0.3) is 11.8 Å². The van der Waals surface area contributed by atoms with Gasteiger partial charge in [-0.3, -0.25) is 9.59 Å². The molecule has 162 valence electrons. The van der Waals surface area contributed by atoms with Crippen LogP contribution in [0.25, 0.3) is 11.3 Å². The van der Waals surface area contributed by atoms with Gasteiger partial charge in [0, 0.05) is 23.9 Å². The van der Waals surface area contributed by atoms with Gasteiger partial charge in [0.1, 0.15) is 19.0 Å². The fourth-order valence-electron chi connectivity index (χ4n) is 3.52. The highest BCUT2D eigenvalue weighted by Crippen LogP contribution is 2.36. The molecule has 1 aromatic heterocycles.